The fourth-order valence-corrected chi connectivity index (χ4v) is 7.37. The van der Waals surface area contributed by atoms with Gasteiger partial charge >= 0.3 is 0 Å². The maximum Gasteiger partial charge on any atom is 0.142 e. The summed E-state index contributed by atoms with van der Waals surface area (Å²) in [6, 6.07) is 0. The minimum Gasteiger partial charge on any atom is -0.389 e. The first-order valence-corrected chi connectivity index (χ1v) is 9.39. The van der Waals surface area contributed by atoms with E-state index in [0.29, 0.717) is 23.0 Å². The van der Waals surface area contributed by atoms with E-state index in [4.69, 9.17) is 0 Å². The third kappa shape index (κ3) is 1.48. The average Bonchev–Trinajstić information content (AvgIpc) is 3.22. The lowest BCUT2D eigenvalue weighted by Gasteiger charge is -2.57. The second-order valence-corrected chi connectivity index (χ2v) is 9.38. The lowest BCUT2D eigenvalue weighted by atomic mass is 9.46. The van der Waals surface area contributed by atoms with E-state index in [-0.39, 0.29) is 11.5 Å². The van der Waals surface area contributed by atoms with Crippen LogP contribution in [-0.4, -0.2) is 17.0 Å². The van der Waals surface area contributed by atoms with Crippen LogP contribution in [0.1, 0.15) is 58.8 Å². The zero-order valence-corrected chi connectivity index (χ0v) is 13.8. The van der Waals surface area contributed by atoms with Gasteiger partial charge in [0.1, 0.15) is 5.78 Å². The van der Waals surface area contributed by atoms with Crippen LogP contribution in [0.4, 0.5) is 0 Å². The predicted molar refractivity (Wildman–Crippen MR) is 85.1 cm³/mol. The molecule has 2 nitrogen and oxygen atoms in total. The molecule has 1 N–H and O–H groups in total. The first-order valence-electron chi connectivity index (χ1n) is 9.39. The van der Waals surface area contributed by atoms with Crippen molar-refractivity contribution in [1.29, 1.82) is 0 Å². The SMILES string of the molecule is C[C@]12CCC(O)C=C1CCC1C2CC[C@]2(C)C(=O)C3CC3C12. The summed E-state index contributed by atoms with van der Waals surface area (Å²) in [5.41, 5.74) is 1.85. The van der Waals surface area contributed by atoms with Crippen molar-refractivity contribution in [2.24, 2.45) is 40.4 Å². The van der Waals surface area contributed by atoms with Crippen molar-refractivity contribution >= 4 is 5.78 Å². The summed E-state index contributed by atoms with van der Waals surface area (Å²) in [5, 5.41) is 10.0. The van der Waals surface area contributed by atoms with E-state index in [1.165, 1.54) is 24.8 Å². The zero-order chi connectivity index (χ0) is 15.3. The number of fused-ring (bicyclic) bond motifs is 7. The molecule has 5 aliphatic carbocycles. The van der Waals surface area contributed by atoms with Crippen LogP contribution >= 0.6 is 0 Å². The van der Waals surface area contributed by atoms with Gasteiger partial charge in [-0.1, -0.05) is 25.5 Å². The van der Waals surface area contributed by atoms with Crippen molar-refractivity contribution in [2.45, 2.75) is 64.9 Å². The summed E-state index contributed by atoms with van der Waals surface area (Å²) in [6.07, 6.45) is 10.00. The van der Waals surface area contributed by atoms with Crippen LogP contribution in [-0.2, 0) is 4.79 Å². The fourth-order valence-electron chi connectivity index (χ4n) is 7.37. The Morgan fingerprint density at radius 1 is 1.09 bits per heavy atom. The van der Waals surface area contributed by atoms with Crippen molar-refractivity contribution < 1.29 is 9.90 Å². The van der Waals surface area contributed by atoms with Crippen LogP contribution in [0, 0.1) is 40.4 Å². The minimum absolute atomic E-state index is 0.0144. The molecule has 0 heterocycles. The molecule has 0 amide bonds. The van der Waals surface area contributed by atoms with Gasteiger partial charge < -0.3 is 5.11 Å². The molecule has 0 aliphatic heterocycles. The third-order valence-corrected chi connectivity index (χ3v) is 8.54. The van der Waals surface area contributed by atoms with E-state index in [2.05, 4.69) is 19.9 Å². The number of allylic oxidation sites excluding steroid dienone is 1. The van der Waals surface area contributed by atoms with Gasteiger partial charge in [0, 0.05) is 11.3 Å². The van der Waals surface area contributed by atoms with Crippen molar-refractivity contribution in [3.05, 3.63) is 11.6 Å². The highest BCUT2D eigenvalue weighted by Gasteiger charge is 2.70. The second-order valence-electron chi connectivity index (χ2n) is 9.38. The Balaban J connectivity index is 1.53. The molecule has 6 unspecified atom stereocenters. The molecule has 8 atom stereocenters. The summed E-state index contributed by atoms with van der Waals surface area (Å²) in [6.45, 7) is 4.76. The van der Waals surface area contributed by atoms with Crippen molar-refractivity contribution in [3.63, 3.8) is 0 Å². The highest BCUT2D eigenvalue weighted by Crippen LogP contribution is 2.72. The zero-order valence-electron chi connectivity index (χ0n) is 13.8. The highest BCUT2D eigenvalue weighted by atomic mass is 16.3. The normalized spacial score (nSPS) is 59.0. The van der Waals surface area contributed by atoms with Gasteiger partial charge in [0.15, 0.2) is 0 Å². The largest absolute Gasteiger partial charge is 0.389 e. The van der Waals surface area contributed by atoms with Crippen LogP contribution in [0.5, 0.6) is 0 Å². The van der Waals surface area contributed by atoms with Gasteiger partial charge in [-0.2, -0.15) is 0 Å². The number of hydrogen-bond acceptors (Lipinski definition) is 2. The molecule has 5 aliphatic rings. The smallest absolute Gasteiger partial charge is 0.142 e. The van der Waals surface area contributed by atoms with E-state index < -0.39 is 0 Å². The Morgan fingerprint density at radius 2 is 1.86 bits per heavy atom. The Bertz CT molecular complexity index is 578. The number of carbonyl (C=O) groups is 1. The molecular formula is C20H28O2. The number of Topliss-reactive ketones (excluding diaryl/α,β-unsaturated/α-hetero) is 1. The molecule has 0 aromatic carbocycles. The van der Waals surface area contributed by atoms with Gasteiger partial charge in [0.25, 0.3) is 0 Å². The molecule has 5 rings (SSSR count). The van der Waals surface area contributed by atoms with E-state index in [9.17, 15) is 9.90 Å². The van der Waals surface area contributed by atoms with Gasteiger partial charge in [-0.3, -0.25) is 4.79 Å². The van der Waals surface area contributed by atoms with Gasteiger partial charge in [-0.15, -0.1) is 0 Å². The van der Waals surface area contributed by atoms with E-state index >= 15 is 0 Å². The number of carbonyl (C=O) groups excluding carboxylic acids is 1. The summed E-state index contributed by atoms with van der Waals surface area (Å²) in [7, 11) is 0. The molecule has 22 heavy (non-hydrogen) atoms. The van der Waals surface area contributed by atoms with E-state index in [0.717, 1.165) is 43.4 Å². The van der Waals surface area contributed by atoms with Crippen LogP contribution in [0.15, 0.2) is 11.6 Å². The topological polar surface area (TPSA) is 37.3 Å². The van der Waals surface area contributed by atoms with Crippen molar-refractivity contribution in [1.82, 2.24) is 0 Å². The predicted octanol–water partition coefficient (Wildman–Crippen LogP) is 3.74. The monoisotopic (exact) mass is 300 g/mol. The molecule has 0 spiro atoms. The number of aliphatic hydroxyl groups is 1. The highest BCUT2D eigenvalue weighted by molar-refractivity contribution is 5.92. The molecule has 0 aromatic rings. The maximum atomic E-state index is 12.7. The maximum absolute atomic E-state index is 12.7. The number of hydrogen-bond donors (Lipinski definition) is 1. The fraction of sp³-hybridized carbons (Fsp3) is 0.850. The molecule has 0 radical (unpaired) electrons. The second kappa shape index (κ2) is 4.06. The molecule has 0 aromatic heterocycles. The Hall–Kier alpha value is -0.630. The molecule has 0 bridgehead atoms. The molecule has 0 saturated heterocycles. The summed E-state index contributed by atoms with van der Waals surface area (Å²) < 4.78 is 0. The number of ketones is 1. The Kier molecular flexibility index (Phi) is 2.54. The molecule has 4 saturated carbocycles. The van der Waals surface area contributed by atoms with Gasteiger partial charge in [-0.05, 0) is 74.0 Å². The minimum atomic E-state index is -0.214. The number of rotatable bonds is 0. The summed E-state index contributed by atoms with van der Waals surface area (Å²) in [4.78, 5) is 12.7. The van der Waals surface area contributed by atoms with Crippen LogP contribution < -0.4 is 0 Å². The van der Waals surface area contributed by atoms with E-state index in [1.807, 2.05) is 0 Å². The molecule has 120 valence electrons. The lowest BCUT2D eigenvalue weighted by molar-refractivity contribution is -0.136. The quantitative estimate of drug-likeness (QED) is 0.692. The van der Waals surface area contributed by atoms with Crippen LogP contribution in [0.3, 0.4) is 0 Å². The number of aliphatic hydroxyl groups excluding tert-OH is 1. The molecule has 2 heteroatoms. The first kappa shape index (κ1) is 13.8. The first-order chi connectivity index (χ1) is 10.4. The lowest BCUT2D eigenvalue weighted by Crippen LogP contribution is -2.52. The summed E-state index contributed by atoms with van der Waals surface area (Å²) in [5.74, 6) is 3.98. The molecular weight excluding hydrogens is 272 g/mol. The van der Waals surface area contributed by atoms with Crippen LogP contribution in [0.2, 0.25) is 0 Å². The van der Waals surface area contributed by atoms with Crippen LogP contribution in [0.25, 0.3) is 0 Å². The standard InChI is InChI=1S/C20H28O2/c1-19-7-5-12(21)9-11(19)3-4-13-16(19)6-8-20(2)17(13)14-10-15(14)18(20)22/h9,12-17,21H,3-8,10H2,1-2H3/t12?,13?,14?,15?,16?,17?,19-,20-/m0/s1. The Labute approximate surface area is 133 Å². The van der Waals surface area contributed by atoms with Crippen molar-refractivity contribution in [3.8, 4) is 0 Å². The van der Waals surface area contributed by atoms with Gasteiger partial charge in [-0.25, -0.2) is 0 Å². The van der Waals surface area contributed by atoms with Gasteiger partial charge in [0.05, 0.1) is 6.10 Å². The Morgan fingerprint density at radius 3 is 2.68 bits per heavy atom. The average molecular weight is 300 g/mol. The van der Waals surface area contributed by atoms with Crippen molar-refractivity contribution in [2.75, 3.05) is 0 Å². The molecule has 4 fully saturated rings. The van der Waals surface area contributed by atoms with E-state index in [1.54, 1.807) is 0 Å². The summed E-state index contributed by atoms with van der Waals surface area (Å²) >= 11 is 0. The van der Waals surface area contributed by atoms with Gasteiger partial charge in [0.2, 0.25) is 0 Å². The third-order valence-electron chi connectivity index (χ3n) is 8.54.